The third kappa shape index (κ3) is 3.06. The third-order valence-electron chi connectivity index (χ3n) is 5.74. The molecule has 0 saturated carbocycles. The van der Waals surface area contributed by atoms with E-state index in [1.807, 2.05) is 36.2 Å². The summed E-state index contributed by atoms with van der Waals surface area (Å²) in [7, 11) is 0. The first-order valence-electron chi connectivity index (χ1n) is 9.89. The van der Waals surface area contributed by atoms with Crippen LogP contribution in [0, 0.1) is 19.7 Å². The number of fused-ring (bicyclic) bond motifs is 1. The second kappa shape index (κ2) is 7.02. The summed E-state index contributed by atoms with van der Waals surface area (Å²) in [6.45, 7) is 7.41. The highest BCUT2D eigenvalue weighted by atomic mass is 32.2. The van der Waals surface area contributed by atoms with E-state index in [1.165, 1.54) is 11.6 Å². The van der Waals surface area contributed by atoms with Crippen LogP contribution in [-0.4, -0.2) is 31.4 Å². The monoisotopic (exact) mass is 406 g/mol. The van der Waals surface area contributed by atoms with Crippen LogP contribution >= 0.6 is 11.8 Å². The van der Waals surface area contributed by atoms with Gasteiger partial charge in [0.15, 0.2) is 5.17 Å². The molecule has 0 bridgehead atoms. The standard InChI is InChI=1S/C23H23FN4S/c1-14-11-19(16(3)28(14)18-8-6-7-17(24)12-18)22-21(20-9-4-5-10-25-20)26-23-27(22)13-15(2)29-23/h4-12,15,21-22H,13H2,1-3H3/t15-,21-,22-/m0/s1. The van der Waals surface area contributed by atoms with Gasteiger partial charge in [-0.2, -0.15) is 0 Å². The van der Waals surface area contributed by atoms with Crippen molar-refractivity contribution in [2.45, 2.75) is 38.1 Å². The lowest BCUT2D eigenvalue weighted by molar-refractivity contribution is 0.320. The first-order chi connectivity index (χ1) is 14.0. The summed E-state index contributed by atoms with van der Waals surface area (Å²) in [5, 5.41) is 1.63. The molecule has 1 saturated heterocycles. The molecule has 148 valence electrons. The second-order valence-electron chi connectivity index (χ2n) is 7.78. The summed E-state index contributed by atoms with van der Waals surface area (Å²) in [5.74, 6) is -0.223. The molecule has 1 aromatic carbocycles. The summed E-state index contributed by atoms with van der Waals surface area (Å²) in [5.41, 5.74) is 5.29. The van der Waals surface area contributed by atoms with Gasteiger partial charge < -0.3 is 9.47 Å². The van der Waals surface area contributed by atoms with Crippen LogP contribution in [0.1, 0.15) is 41.7 Å². The minimum absolute atomic E-state index is 0.0346. The fraction of sp³-hybridized carbons (Fsp3) is 0.304. The van der Waals surface area contributed by atoms with Crippen LogP contribution in [0.3, 0.4) is 0 Å². The van der Waals surface area contributed by atoms with Crippen LogP contribution in [0.15, 0.2) is 59.7 Å². The predicted molar refractivity (Wildman–Crippen MR) is 116 cm³/mol. The number of halogens is 1. The second-order valence-corrected chi connectivity index (χ2v) is 9.18. The molecule has 0 radical (unpaired) electrons. The van der Waals surface area contributed by atoms with Gasteiger partial charge in [0.2, 0.25) is 0 Å². The van der Waals surface area contributed by atoms with Crippen molar-refractivity contribution in [2.75, 3.05) is 6.54 Å². The molecular formula is C23H23FN4S. The van der Waals surface area contributed by atoms with E-state index < -0.39 is 0 Å². The number of hydrogen-bond acceptors (Lipinski definition) is 4. The Balaban J connectivity index is 1.63. The van der Waals surface area contributed by atoms with E-state index in [9.17, 15) is 4.39 Å². The van der Waals surface area contributed by atoms with Gasteiger partial charge in [-0.05, 0) is 55.8 Å². The summed E-state index contributed by atoms with van der Waals surface area (Å²) in [6.07, 6.45) is 1.84. The highest BCUT2D eigenvalue weighted by Crippen LogP contribution is 2.48. The van der Waals surface area contributed by atoms with Crippen molar-refractivity contribution >= 4 is 16.9 Å². The van der Waals surface area contributed by atoms with Crippen molar-refractivity contribution in [3.63, 3.8) is 0 Å². The number of pyridine rings is 1. The van der Waals surface area contributed by atoms with Gasteiger partial charge in [-0.1, -0.05) is 30.8 Å². The molecule has 3 aromatic rings. The van der Waals surface area contributed by atoms with Gasteiger partial charge in [-0.15, -0.1) is 0 Å². The fourth-order valence-electron chi connectivity index (χ4n) is 4.55. The number of rotatable bonds is 3. The van der Waals surface area contributed by atoms with Gasteiger partial charge in [0.25, 0.3) is 0 Å². The molecule has 2 aliphatic heterocycles. The minimum Gasteiger partial charge on any atom is -0.341 e. The van der Waals surface area contributed by atoms with Gasteiger partial charge in [0.05, 0.1) is 11.7 Å². The predicted octanol–water partition coefficient (Wildman–Crippen LogP) is 5.22. The van der Waals surface area contributed by atoms with E-state index in [1.54, 1.807) is 12.1 Å². The molecule has 1 fully saturated rings. The van der Waals surface area contributed by atoms with Crippen molar-refractivity contribution in [1.29, 1.82) is 0 Å². The van der Waals surface area contributed by atoms with E-state index in [2.05, 4.69) is 47.4 Å². The number of amidine groups is 1. The molecule has 0 N–H and O–H groups in total. The van der Waals surface area contributed by atoms with Gasteiger partial charge in [0.1, 0.15) is 11.9 Å². The number of nitrogens with zero attached hydrogens (tertiary/aromatic N) is 4. The summed E-state index contributed by atoms with van der Waals surface area (Å²) in [6, 6.07) is 15.1. The zero-order valence-electron chi connectivity index (χ0n) is 16.7. The average Bonchev–Trinajstić information content (AvgIpc) is 3.32. The molecular weight excluding hydrogens is 383 g/mol. The lowest BCUT2D eigenvalue weighted by atomic mass is 9.96. The highest BCUT2D eigenvalue weighted by Gasteiger charge is 2.44. The molecule has 0 aliphatic carbocycles. The fourth-order valence-corrected chi connectivity index (χ4v) is 5.65. The van der Waals surface area contributed by atoms with Crippen LogP contribution in [0.5, 0.6) is 0 Å². The normalized spacial score (nSPS) is 23.4. The van der Waals surface area contributed by atoms with Gasteiger partial charge in [0, 0.05) is 35.1 Å². The number of aliphatic imine (C=N–C) groups is 1. The summed E-state index contributed by atoms with van der Waals surface area (Å²) >= 11 is 1.84. The average molecular weight is 407 g/mol. The van der Waals surface area contributed by atoms with E-state index in [-0.39, 0.29) is 17.9 Å². The number of hydrogen-bond donors (Lipinski definition) is 0. The summed E-state index contributed by atoms with van der Waals surface area (Å²) in [4.78, 5) is 12.1. The molecule has 2 aliphatic rings. The SMILES string of the molecule is Cc1cc([C@H]2[C@H](c3ccccn3)N=C3S[C@@H](C)CN32)c(C)n1-c1cccc(F)c1. The maximum atomic E-state index is 13.9. The number of aromatic nitrogens is 2. The first kappa shape index (κ1) is 18.4. The van der Waals surface area contributed by atoms with Crippen LogP contribution < -0.4 is 0 Å². The Labute approximate surface area is 174 Å². The van der Waals surface area contributed by atoms with Crippen molar-refractivity contribution in [2.24, 2.45) is 4.99 Å². The van der Waals surface area contributed by atoms with Crippen molar-refractivity contribution in [1.82, 2.24) is 14.5 Å². The molecule has 4 heterocycles. The Morgan fingerprint density at radius 2 is 1.97 bits per heavy atom. The number of aryl methyl sites for hydroxylation is 1. The number of thioether (sulfide) groups is 1. The van der Waals surface area contributed by atoms with Crippen LogP contribution in [0.4, 0.5) is 4.39 Å². The van der Waals surface area contributed by atoms with Crippen molar-refractivity contribution in [3.05, 3.63) is 83.2 Å². The lowest BCUT2D eigenvalue weighted by Crippen LogP contribution is -2.28. The molecule has 29 heavy (non-hydrogen) atoms. The van der Waals surface area contributed by atoms with Crippen LogP contribution in [0.2, 0.25) is 0 Å². The van der Waals surface area contributed by atoms with Crippen LogP contribution in [-0.2, 0) is 0 Å². The van der Waals surface area contributed by atoms with E-state index in [4.69, 9.17) is 4.99 Å². The quantitative estimate of drug-likeness (QED) is 0.598. The Hall–Kier alpha value is -2.60. The first-order valence-corrected chi connectivity index (χ1v) is 10.8. The van der Waals surface area contributed by atoms with Gasteiger partial charge in [-0.3, -0.25) is 9.98 Å². The Morgan fingerprint density at radius 3 is 2.72 bits per heavy atom. The van der Waals surface area contributed by atoms with Gasteiger partial charge >= 0.3 is 0 Å². The lowest BCUT2D eigenvalue weighted by Gasteiger charge is -2.27. The minimum atomic E-state index is -0.223. The Morgan fingerprint density at radius 1 is 1.10 bits per heavy atom. The molecule has 0 spiro atoms. The van der Waals surface area contributed by atoms with Crippen molar-refractivity contribution < 1.29 is 4.39 Å². The zero-order chi connectivity index (χ0) is 20.1. The number of benzene rings is 1. The maximum Gasteiger partial charge on any atom is 0.160 e. The van der Waals surface area contributed by atoms with Crippen molar-refractivity contribution in [3.8, 4) is 5.69 Å². The molecule has 3 atom stereocenters. The Kier molecular flexibility index (Phi) is 4.46. The van der Waals surface area contributed by atoms with E-state index >= 15 is 0 Å². The molecule has 6 heteroatoms. The van der Waals surface area contributed by atoms with Crippen LogP contribution in [0.25, 0.3) is 5.69 Å². The Bertz CT molecular complexity index is 1090. The third-order valence-corrected chi connectivity index (χ3v) is 6.84. The smallest absolute Gasteiger partial charge is 0.160 e. The maximum absolute atomic E-state index is 13.9. The molecule has 2 aromatic heterocycles. The van der Waals surface area contributed by atoms with E-state index in [0.717, 1.165) is 34.5 Å². The molecule has 0 unspecified atom stereocenters. The van der Waals surface area contributed by atoms with E-state index in [0.29, 0.717) is 5.25 Å². The topological polar surface area (TPSA) is 33.4 Å². The molecule has 4 nitrogen and oxygen atoms in total. The highest BCUT2D eigenvalue weighted by molar-refractivity contribution is 8.14. The molecule has 5 rings (SSSR count). The van der Waals surface area contributed by atoms with Gasteiger partial charge in [-0.25, -0.2) is 4.39 Å². The summed E-state index contributed by atoms with van der Waals surface area (Å²) < 4.78 is 16.0. The zero-order valence-corrected chi connectivity index (χ0v) is 17.5. The largest absolute Gasteiger partial charge is 0.341 e. The molecule has 0 amide bonds.